The molecule has 2 fully saturated rings. The van der Waals surface area contributed by atoms with Gasteiger partial charge in [-0.1, -0.05) is 19.8 Å². The quantitative estimate of drug-likeness (QED) is 0.642. The average Bonchev–Trinajstić information content (AvgIpc) is 2.99. The Kier molecular flexibility index (Phi) is 7.23. The minimum absolute atomic E-state index is 0.0163. The molecule has 2 N–H and O–H groups in total. The van der Waals surface area contributed by atoms with Crippen molar-refractivity contribution in [2.45, 2.75) is 76.9 Å². The monoisotopic (exact) mass is 354 g/mol. The molecule has 0 aromatic rings. The van der Waals surface area contributed by atoms with Crippen LogP contribution in [-0.2, 0) is 19.1 Å². The van der Waals surface area contributed by atoms with Gasteiger partial charge in [-0.3, -0.25) is 19.7 Å². The Labute approximate surface area is 149 Å². The Hall–Kier alpha value is -1.63. The Morgan fingerprint density at radius 3 is 2.68 bits per heavy atom. The summed E-state index contributed by atoms with van der Waals surface area (Å²) in [6.07, 6.45) is 5.85. The SMILES string of the molecule is CCC[C@H](N[C@H]1CCC2CCC[C@@H]2N(CC(=O)O)C1=O)C(=O)OCC. The first kappa shape index (κ1) is 19.7. The molecule has 0 aromatic heterocycles. The number of rotatable bonds is 8. The number of ether oxygens (including phenoxy) is 1. The molecule has 7 heteroatoms. The highest BCUT2D eigenvalue weighted by atomic mass is 16.5. The lowest BCUT2D eigenvalue weighted by atomic mass is 9.97. The van der Waals surface area contributed by atoms with Crippen LogP contribution in [0.1, 0.15) is 58.8 Å². The maximum atomic E-state index is 13.0. The summed E-state index contributed by atoms with van der Waals surface area (Å²) >= 11 is 0. The van der Waals surface area contributed by atoms with Gasteiger partial charge in [-0.25, -0.2) is 0 Å². The Morgan fingerprint density at radius 1 is 1.28 bits per heavy atom. The van der Waals surface area contributed by atoms with Crippen molar-refractivity contribution in [3.05, 3.63) is 0 Å². The highest BCUT2D eigenvalue weighted by Gasteiger charge is 2.42. The number of amides is 1. The maximum Gasteiger partial charge on any atom is 0.323 e. The van der Waals surface area contributed by atoms with Gasteiger partial charge in [-0.05, 0) is 44.9 Å². The van der Waals surface area contributed by atoms with Gasteiger partial charge >= 0.3 is 11.9 Å². The molecule has 7 nitrogen and oxygen atoms in total. The van der Waals surface area contributed by atoms with E-state index in [1.54, 1.807) is 6.92 Å². The molecule has 1 aliphatic carbocycles. The second-order valence-corrected chi connectivity index (χ2v) is 7.01. The largest absolute Gasteiger partial charge is 0.480 e. The summed E-state index contributed by atoms with van der Waals surface area (Å²) in [6.45, 7) is 3.77. The van der Waals surface area contributed by atoms with Crippen LogP contribution in [0.4, 0.5) is 0 Å². The van der Waals surface area contributed by atoms with E-state index in [0.717, 1.165) is 32.1 Å². The second kappa shape index (κ2) is 9.17. The van der Waals surface area contributed by atoms with E-state index in [0.29, 0.717) is 25.4 Å². The average molecular weight is 354 g/mol. The predicted molar refractivity (Wildman–Crippen MR) is 92.0 cm³/mol. The highest BCUT2D eigenvalue weighted by Crippen LogP contribution is 2.36. The van der Waals surface area contributed by atoms with Crippen molar-refractivity contribution in [3.8, 4) is 0 Å². The number of nitrogens with one attached hydrogen (secondary N) is 1. The van der Waals surface area contributed by atoms with E-state index in [1.807, 2.05) is 6.92 Å². The molecular weight excluding hydrogens is 324 g/mol. The van der Waals surface area contributed by atoms with Gasteiger partial charge < -0.3 is 14.7 Å². The van der Waals surface area contributed by atoms with Crippen molar-refractivity contribution < 1.29 is 24.2 Å². The fourth-order valence-corrected chi connectivity index (χ4v) is 4.17. The van der Waals surface area contributed by atoms with Crippen LogP contribution in [-0.4, -0.2) is 59.1 Å². The molecule has 142 valence electrons. The zero-order valence-electron chi connectivity index (χ0n) is 15.2. The van der Waals surface area contributed by atoms with Crippen molar-refractivity contribution in [1.82, 2.24) is 10.2 Å². The molecule has 2 rings (SSSR count). The first-order valence-electron chi connectivity index (χ1n) is 9.42. The fourth-order valence-electron chi connectivity index (χ4n) is 4.17. The molecule has 2 aliphatic rings. The number of hydrogen-bond acceptors (Lipinski definition) is 5. The number of likely N-dealkylation sites (tertiary alicyclic amines) is 1. The van der Waals surface area contributed by atoms with Crippen LogP contribution in [0, 0.1) is 5.92 Å². The van der Waals surface area contributed by atoms with Gasteiger partial charge in [0.05, 0.1) is 12.6 Å². The minimum Gasteiger partial charge on any atom is -0.480 e. The van der Waals surface area contributed by atoms with Crippen LogP contribution in [0.15, 0.2) is 0 Å². The van der Waals surface area contributed by atoms with E-state index in [9.17, 15) is 19.5 Å². The first-order valence-corrected chi connectivity index (χ1v) is 9.42. The van der Waals surface area contributed by atoms with E-state index in [-0.39, 0.29) is 24.5 Å². The Morgan fingerprint density at radius 2 is 2.04 bits per heavy atom. The molecule has 1 saturated carbocycles. The second-order valence-electron chi connectivity index (χ2n) is 7.01. The summed E-state index contributed by atoms with van der Waals surface area (Å²) in [5.74, 6) is -1.16. The first-order chi connectivity index (χ1) is 12.0. The maximum absolute atomic E-state index is 13.0. The number of carboxylic acids is 1. The normalized spacial score (nSPS) is 27.5. The van der Waals surface area contributed by atoms with Crippen LogP contribution < -0.4 is 5.32 Å². The number of carbonyl (C=O) groups excluding carboxylic acids is 2. The van der Waals surface area contributed by atoms with E-state index >= 15 is 0 Å². The van der Waals surface area contributed by atoms with Crippen LogP contribution in [0.25, 0.3) is 0 Å². The number of carboxylic acid groups (broad SMARTS) is 1. The van der Waals surface area contributed by atoms with Crippen LogP contribution in [0.2, 0.25) is 0 Å². The molecule has 25 heavy (non-hydrogen) atoms. The molecule has 1 unspecified atom stereocenters. The summed E-state index contributed by atoms with van der Waals surface area (Å²) in [5, 5.41) is 12.4. The van der Waals surface area contributed by atoms with Gasteiger partial charge in [0.25, 0.3) is 0 Å². The van der Waals surface area contributed by atoms with E-state index < -0.39 is 18.1 Å². The third kappa shape index (κ3) is 4.93. The number of aliphatic carboxylic acids is 1. The summed E-state index contributed by atoms with van der Waals surface area (Å²) in [5.41, 5.74) is 0. The smallest absolute Gasteiger partial charge is 0.323 e. The molecular formula is C18H30N2O5. The lowest BCUT2D eigenvalue weighted by molar-refractivity contribution is -0.149. The lowest BCUT2D eigenvalue weighted by Crippen LogP contribution is -2.54. The van der Waals surface area contributed by atoms with Crippen LogP contribution >= 0.6 is 0 Å². The van der Waals surface area contributed by atoms with Gasteiger partial charge in [0, 0.05) is 6.04 Å². The molecule has 0 spiro atoms. The van der Waals surface area contributed by atoms with Gasteiger partial charge in [0.2, 0.25) is 5.91 Å². The van der Waals surface area contributed by atoms with Crippen molar-refractivity contribution in [2.75, 3.05) is 13.2 Å². The molecule has 0 aromatic carbocycles. The van der Waals surface area contributed by atoms with Crippen molar-refractivity contribution in [1.29, 1.82) is 0 Å². The van der Waals surface area contributed by atoms with Gasteiger partial charge in [-0.2, -0.15) is 0 Å². The van der Waals surface area contributed by atoms with E-state index in [1.165, 1.54) is 4.90 Å². The number of hydrogen-bond donors (Lipinski definition) is 2. The number of fused-ring (bicyclic) bond motifs is 1. The molecule has 0 radical (unpaired) electrons. The molecule has 1 saturated heterocycles. The van der Waals surface area contributed by atoms with Gasteiger partial charge in [0.15, 0.2) is 0 Å². The third-order valence-electron chi connectivity index (χ3n) is 5.28. The van der Waals surface area contributed by atoms with Crippen LogP contribution in [0.5, 0.6) is 0 Å². The van der Waals surface area contributed by atoms with E-state index in [4.69, 9.17) is 4.74 Å². The summed E-state index contributed by atoms with van der Waals surface area (Å²) in [6, 6.07) is -1.03. The minimum atomic E-state index is -0.991. The Balaban J connectivity index is 2.14. The number of nitrogens with zero attached hydrogens (tertiary/aromatic N) is 1. The zero-order chi connectivity index (χ0) is 18.4. The molecule has 1 aliphatic heterocycles. The number of esters is 1. The number of carbonyl (C=O) groups is 3. The highest BCUT2D eigenvalue weighted by molar-refractivity contribution is 5.87. The Bertz CT molecular complexity index is 496. The van der Waals surface area contributed by atoms with E-state index in [2.05, 4.69) is 5.32 Å². The zero-order valence-corrected chi connectivity index (χ0v) is 15.2. The van der Waals surface area contributed by atoms with Gasteiger partial charge in [-0.15, -0.1) is 0 Å². The third-order valence-corrected chi connectivity index (χ3v) is 5.28. The van der Waals surface area contributed by atoms with Crippen molar-refractivity contribution >= 4 is 17.8 Å². The fraction of sp³-hybridized carbons (Fsp3) is 0.833. The molecule has 4 atom stereocenters. The lowest BCUT2D eigenvalue weighted by Gasteiger charge is -2.31. The standard InChI is InChI=1S/C18H30N2O5/c1-3-6-14(18(24)25-4-2)19-13-10-9-12-7-5-8-15(12)20(17(13)23)11-16(21)22/h12-15,19H,3-11H2,1-2H3,(H,21,22)/t12?,13-,14-,15-/m0/s1. The summed E-state index contributed by atoms with van der Waals surface area (Å²) < 4.78 is 5.11. The molecule has 0 bridgehead atoms. The topological polar surface area (TPSA) is 95.9 Å². The van der Waals surface area contributed by atoms with Crippen molar-refractivity contribution in [2.24, 2.45) is 5.92 Å². The van der Waals surface area contributed by atoms with Crippen LogP contribution in [0.3, 0.4) is 0 Å². The predicted octanol–water partition coefficient (Wildman–Crippen LogP) is 1.55. The van der Waals surface area contributed by atoms with Gasteiger partial charge in [0.1, 0.15) is 12.6 Å². The molecule has 1 amide bonds. The summed E-state index contributed by atoms with van der Waals surface area (Å²) in [7, 11) is 0. The summed E-state index contributed by atoms with van der Waals surface area (Å²) in [4.78, 5) is 37.9. The molecule has 1 heterocycles. The van der Waals surface area contributed by atoms with Crippen molar-refractivity contribution in [3.63, 3.8) is 0 Å².